The number of carbonyl (C=O) groups excluding carboxylic acids is 3. The first-order valence-electron chi connectivity index (χ1n) is 31.3. The molecule has 0 heterocycles. The van der Waals surface area contributed by atoms with Crippen LogP contribution in [0.2, 0.25) is 0 Å². The minimum absolute atomic E-state index is 0.112. The van der Waals surface area contributed by atoms with Gasteiger partial charge in [-0.25, -0.2) is 0 Å². The van der Waals surface area contributed by atoms with E-state index in [1.54, 1.807) is 6.08 Å². The summed E-state index contributed by atoms with van der Waals surface area (Å²) in [6, 6.07) is 0. The zero-order valence-electron chi connectivity index (χ0n) is 50.3. The maximum atomic E-state index is 12.9. The third kappa shape index (κ3) is 63.2. The minimum atomic E-state index is -0.843. The van der Waals surface area contributed by atoms with E-state index in [4.69, 9.17) is 14.2 Å². The summed E-state index contributed by atoms with van der Waals surface area (Å²) >= 11 is 0. The molecule has 1 atom stereocenters. The first-order chi connectivity index (χ1) is 39.0. The summed E-state index contributed by atoms with van der Waals surface area (Å²) < 4.78 is 16.8. The zero-order chi connectivity index (χ0) is 57.1. The molecule has 0 amide bonds. The fourth-order valence-electron chi connectivity index (χ4n) is 7.86. The summed E-state index contributed by atoms with van der Waals surface area (Å²) in [5.41, 5.74) is 0. The molecule has 6 heteroatoms. The van der Waals surface area contributed by atoms with E-state index < -0.39 is 12.1 Å². The van der Waals surface area contributed by atoms with Gasteiger partial charge in [-0.15, -0.1) is 0 Å². The lowest BCUT2D eigenvalue weighted by Crippen LogP contribution is -2.30. The normalized spacial score (nSPS) is 13.4. The average molecular weight is 1090 g/mol. The molecule has 0 N–H and O–H groups in total. The lowest BCUT2D eigenvalue weighted by Gasteiger charge is -2.18. The van der Waals surface area contributed by atoms with Crippen LogP contribution in [0.5, 0.6) is 0 Å². The van der Waals surface area contributed by atoms with Crippen LogP contribution < -0.4 is 0 Å². The zero-order valence-corrected chi connectivity index (χ0v) is 50.3. The van der Waals surface area contributed by atoms with Gasteiger partial charge in [0.1, 0.15) is 13.2 Å². The summed E-state index contributed by atoms with van der Waals surface area (Å²) in [7, 11) is 0. The second-order valence-corrected chi connectivity index (χ2v) is 19.8. The highest BCUT2D eigenvalue weighted by molar-refractivity contribution is 5.72. The quantitative estimate of drug-likeness (QED) is 0.0261. The van der Waals surface area contributed by atoms with Crippen molar-refractivity contribution in [1.82, 2.24) is 0 Å². The lowest BCUT2D eigenvalue weighted by atomic mass is 10.1. The van der Waals surface area contributed by atoms with E-state index in [2.05, 4.69) is 191 Å². The van der Waals surface area contributed by atoms with Gasteiger partial charge in [-0.3, -0.25) is 14.4 Å². The van der Waals surface area contributed by atoms with Gasteiger partial charge in [0.2, 0.25) is 0 Å². The van der Waals surface area contributed by atoms with Gasteiger partial charge >= 0.3 is 17.9 Å². The van der Waals surface area contributed by atoms with Crippen molar-refractivity contribution in [3.8, 4) is 0 Å². The van der Waals surface area contributed by atoms with Crippen molar-refractivity contribution in [1.29, 1.82) is 0 Å². The molecular formula is C73H112O6. The first-order valence-corrected chi connectivity index (χ1v) is 31.3. The molecule has 0 rings (SSSR count). The molecule has 0 saturated heterocycles. The highest BCUT2D eigenvalue weighted by Crippen LogP contribution is 2.14. The summed E-state index contributed by atoms with van der Waals surface area (Å²) in [4.78, 5) is 38.3. The Bertz CT molecular complexity index is 1870. The van der Waals surface area contributed by atoms with E-state index in [9.17, 15) is 14.4 Å². The van der Waals surface area contributed by atoms with Gasteiger partial charge in [-0.2, -0.15) is 0 Å². The topological polar surface area (TPSA) is 78.9 Å². The fraction of sp³-hybridized carbons (Fsp3) is 0.548. The molecule has 79 heavy (non-hydrogen) atoms. The number of hydrogen-bond donors (Lipinski definition) is 0. The molecule has 440 valence electrons. The molecule has 0 bridgehead atoms. The third-order valence-electron chi connectivity index (χ3n) is 12.4. The molecule has 0 aliphatic heterocycles. The largest absolute Gasteiger partial charge is 0.462 e. The number of hydrogen-bond acceptors (Lipinski definition) is 6. The van der Waals surface area contributed by atoms with E-state index in [-0.39, 0.29) is 38.0 Å². The Balaban J connectivity index is 4.52. The second-order valence-electron chi connectivity index (χ2n) is 19.8. The van der Waals surface area contributed by atoms with Crippen LogP contribution in [0.1, 0.15) is 239 Å². The highest BCUT2D eigenvalue weighted by Gasteiger charge is 2.19. The van der Waals surface area contributed by atoms with Crippen LogP contribution in [0, 0.1) is 0 Å². The Morgan fingerprint density at radius 2 is 0.506 bits per heavy atom. The van der Waals surface area contributed by atoms with Gasteiger partial charge in [-0.05, 0) is 135 Å². The Morgan fingerprint density at radius 1 is 0.266 bits per heavy atom. The van der Waals surface area contributed by atoms with Crippen molar-refractivity contribution in [2.45, 2.75) is 245 Å². The molecule has 0 radical (unpaired) electrons. The Morgan fingerprint density at radius 3 is 0.823 bits per heavy atom. The molecule has 0 aromatic carbocycles. The SMILES string of the molecule is CC/C=C\C/C=C\C/C=C\C/C=C\C/C=C\CCCCCCCCCCCC(=O)OCC(COC(=O)C/C=C\C/C=C\C/C=C\C/C=C\C/C=C\CC)OC(=O)CCCCCCC/C=C\C/C=C\C/C=C\C/C=C\C/C=C\CC. The van der Waals surface area contributed by atoms with Gasteiger partial charge in [0, 0.05) is 12.8 Å². The van der Waals surface area contributed by atoms with E-state index in [1.807, 2.05) is 6.08 Å². The van der Waals surface area contributed by atoms with Gasteiger partial charge in [0.25, 0.3) is 0 Å². The van der Waals surface area contributed by atoms with Gasteiger partial charge in [-0.1, -0.05) is 267 Å². The Kier molecular flexibility index (Phi) is 60.5. The van der Waals surface area contributed by atoms with Crippen LogP contribution in [0.15, 0.2) is 182 Å². The second kappa shape index (κ2) is 65.0. The molecule has 0 aliphatic rings. The third-order valence-corrected chi connectivity index (χ3v) is 12.4. The van der Waals surface area contributed by atoms with Crippen molar-refractivity contribution < 1.29 is 28.6 Å². The minimum Gasteiger partial charge on any atom is -0.462 e. The summed E-state index contributed by atoms with van der Waals surface area (Å²) in [6.45, 7) is 6.18. The van der Waals surface area contributed by atoms with Crippen LogP contribution in [0.3, 0.4) is 0 Å². The molecule has 0 fully saturated rings. The highest BCUT2D eigenvalue weighted by atomic mass is 16.6. The van der Waals surface area contributed by atoms with Crippen molar-refractivity contribution in [3.63, 3.8) is 0 Å². The molecule has 6 nitrogen and oxygen atoms in total. The van der Waals surface area contributed by atoms with Crippen LogP contribution in [-0.2, 0) is 28.6 Å². The van der Waals surface area contributed by atoms with Crippen LogP contribution >= 0.6 is 0 Å². The van der Waals surface area contributed by atoms with Gasteiger partial charge in [0.05, 0.1) is 6.42 Å². The lowest BCUT2D eigenvalue weighted by molar-refractivity contribution is -0.166. The molecular weight excluding hydrogens is 973 g/mol. The Hall–Kier alpha value is -5.49. The molecule has 1 unspecified atom stereocenters. The van der Waals surface area contributed by atoms with E-state index in [0.717, 1.165) is 161 Å². The Labute approximate surface area is 484 Å². The van der Waals surface area contributed by atoms with Crippen molar-refractivity contribution in [3.05, 3.63) is 182 Å². The van der Waals surface area contributed by atoms with Crippen molar-refractivity contribution in [2.75, 3.05) is 13.2 Å². The predicted octanol–water partition coefficient (Wildman–Crippen LogP) is 21.7. The monoisotopic (exact) mass is 1080 g/mol. The summed E-state index contributed by atoms with van der Waals surface area (Å²) in [5, 5.41) is 0. The van der Waals surface area contributed by atoms with E-state index >= 15 is 0 Å². The van der Waals surface area contributed by atoms with E-state index in [0.29, 0.717) is 6.42 Å². The van der Waals surface area contributed by atoms with Crippen LogP contribution in [-0.4, -0.2) is 37.2 Å². The summed E-state index contributed by atoms with van der Waals surface area (Å²) in [6.07, 6.45) is 97.7. The average Bonchev–Trinajstić information content (AvgIpc) is 3.45. The van der Waals surface area contributed by atoms with Gasteiger partial charge in [0.15, 0.2) is 6.10 Å². The predicted molar refractivity (Wildman–Crippen MR) is 343 cm³/mol. The smallest absolute Gasteiger partial charge is 0.309 e. The van der Waals surface area contributed by atoms with Crippen molar-refractivity contribution >= 4 is 17.9 Å². The van der Waals surface area contributed by atoms with E-state index in [1.165, 1.54) is 38.5 Å². The van der Waals surface area contributed by atoms with Crippen molar-refractivity contribution in [2.24, 2.45) is 0 Å². The summed E-state index contributed by atoms with van der Waals surface area (Å²) in [5.74, 6) is -1.10. The number of allylic oxidation sites excluding steroid dienone is 29. The standard InChI is InChI=1S/C73H112O6/c1-4-7-10-13-16-19-22-25-28-30-32-34-35-36-37-39-40-42-45-48-51-54-57-60-63-66-72(75)78-69-70(68-77-71(74)65-62-59-56-53-50-47-44-27-24-21-18-15-12-9-6-3)79-73(76)67-64-61-58-55-52-49-46-43-41-38-33-31-29-26-23-20-17-14-11-8-5-2/h7-12,16-21,25-29,32-34,36-38,43-44,46,50,53,59,62,70H,4-6,13-15,22-24,30-31,35,39-42,45,47-49,51-52,54-58,60-61,63-69H2,1-3H3/b10-7-,11-8-,12-9-,19-16-,20-17-,21-18-,28-25-,29-26-,34-32-,37-36-,38-33-,44-27-,46-43-,53-50-,62-59-. The number of rotatable bonds is 54. The van der Waals surface area contributed by atoms with Crippen LogP contribution in [0.25, 0.3) is 0 Å². The molecule has 0 spiro atoms. The van der Waals surface area contributed by atoms with Crippen LogP contribution in [0.4, 0.5) is 0 Å². The first kappa shape index (κ1) is 73.5. The molecule has 0 saturated carbocycles. The molecule has 0 aromatic heterocycles. The number of carbonyl (C=O) groups is 3. The maximum absolute atomic E-state index is 12.9. The molecule has 0 aliphatic carbocycles. The molecule has 0 aromatic rings. The number of unbranched alkanes of at least 4 members (excludes halogenated alkanes) is 14. The maximum Gasteiger partial charge on any atom is 0.309 e. The fourth-order valence-corrected chi connectivity index (χ4v) is 7.86. The number of ether oxygens (including phenoxy) is 3. The van der Waals surface area contributed by atoms with Gasteiger partial charge < -0.3 is 14.2 Å². The number of esters is 3.